The molecule has 2 N–H and O–H groups in total. The van der Waals surface area contributed by atoms with Gasteiger partial charge in [0, 0.05) is 48.1 Å². The number of ether oxygens (including phenoxy) is 3. The van der Waals surface area contributed by atoms with E-state index < -0.39 is 35.3 Å². The number of aliphatic hydroxyl groups excluding tert-OH is 1. The summed E-state index contributed by atoms with van der Waals surface area (Å²) in [5, 5.41) is 28.6. The fourth-order valence-corrected chi connectivity index (χ4v) is 6.65. The summed E-state index contributed by atoms with van der Waals surface area (Å²) in [6.07, 6.45) is -2.26. The first-order chi connectivity index (χ1) is 18.9. The number of hydrogen-bond donors (Lipinski definition) is 2. The first kappa shape index (κ1) is 25.4. The molecule has 1 saturated carbocycles. The monoisotopic (exact) mass is 533 g/mol. The SMILES string of the molecule is COc1cc2c(c(OC)n1)[C@]1(O)[C@H](O)[C@H](CN3CC(F)C3)[C@@H](c3ccccc3)[C@]1(c1ccc(N=[N+]=[N-])cc1)O2. The predicted molar refractivity (Wildman–Crippen MR) is 139 cm³/mol. The van der Waals surface area contributed by atoms with Gasteiger partial charge < -0.3 is 24.4 Å². The molecule has 5 atom stereocenters. The van der Waals surface area contributed by atoms with E-state index in [0.717, 1.165) is 5.56 Å². The van der Waals surface area contributed by atoms with Gasteiger partial charge in [0.2, 0.25) is 11.8 Å². The maximum Gasteiger partial charge on any atom is 0.226 e. The van der Waals surface area contributed by atoms with Gasteiger partial charge in [0.25, 0.3) is 0 Å². The molecule has 10 nitrogen and oxygen atoms in total. The van der Waals surface area contributed by atoms with E-state index in [-0.39, 0.29) is 36.2 Å². The second-order valence-corrected chi connectivity index (χ2v) is 10.2. The van der Waals surface area contributed by atoms with Crippen molar-refractivity contribution in [3.63, 3.8) is 0 Å². The van der Waals surface area contributed by atoms with Gasteiger partial charge in [-0.15, -0.1) is 0 Å². The Morgan fingerprint density at radius 2 is 1.87 bits per heavy atom. The lowest BCUT2D eigenvalue weighted by Crippen LogP contribution is -2.52. The summed E-state index contributed by atoms with van der Waals surface area (Å²) in [4.78, 5) is 9.18. The zero-order valence-corrected chi connectivity index (χ0v) is 21.4. The van der Waals surface area contributed by atoms with Crippen LogP contribution in [0.4, 0.5) is 10.1 Å². The smallest absolute Gasteiger partial charge is 0.226 e. The van der Waals surface area contributed by atoms with E-state index in [1.165, 1.54) is 14.2 Å². The number of rotatable bonds is 7. The Morgan fingerprint density at radius 3 is 2.49 bits per heavy atom. The van der Waals surface area contributed by atoms with Crippen molar-refractivity contribution in [3.8, 4) is 17.5 Å². The second-order valence-electron chi connectivity index (χ2n) is 10.2. The number of nitrogens with zero attached hydrogens (tertiary/aromatic N) is 5. The number of aromatic nitrogens is 1. The van der Waals surface area contributed by atoms with Crippen LogP contribution in [0.5, 0.6) is 17.5 Å². The van der Waals surface area contributed by atoms with Crippen LogP contribution in [-0.4, -0.2) is 66.2 Å². The van der Waals surface area contributed by atoms with Crippen LogP contribution in [0.15, 0.2) is 65.8 Å². The highest BCUT2D eigenvalue weighted by molar-refractivity contribution is 5.60. The third kappa shape index (κ3) is 3.58. The highest BCUT2D eigenvalue weighted by Crippen LogP contribution is 2.70. The van der Waals surface area contributed by atoms with E-state index in [0.29, 0.717) is 17.8 Å². The number of methoxy groups -OCH3 is 2. The third-order valence-electron chi connectivity index (χ3n) is 8.24. The summed E-state index contributed by atoms with van der Waals surface area (Å²) >= 11 is 0. The zero-order valence-electron chi connectivity index (χ0n) is 21.4. The van der Waals surface area contributed by atoms with Gasteiger partial charge in [-0.05, 0) is 16.7 Å². The minimum absolute atomic E-state index is 0.0682. The van der Waals surface area contributed by atoms with E-state index in [1.54, 1.807) is 30.3 Å². The predicted octanol–water partition coefficient (Wildman–Crippen LogP) is 3.94. The Bertz CT molecular complexity index is 1430. The van der Waals surface area contributed by atoms with Crippen molar-refractivity contribution < 1.29 is 28.8 Å². The first-order valence-corrected chi connectivity index (χ1v) is 12.7. The lowest BCUT2D eigenvalue weighted by atomic mass is 9.70. The summed E-state index contributed by atoms with van der Waals surface area (Å²) in [7, 11) is 2.89. The molecule has 202 valence electrons. The molecule has 2 aromatic carbocycles. The van der Waals surface area contributed by atoms with Crippen molar-refractivity contribution in [2.24, 2.45) is 11.0 Å². The maximum atomic E-state index is 13.8. The lowest BCUT2D eigenvalue weighted by Gasteiger charge is -2.41. The molecule has 0 radical (unpaired) electrons. The van der Waals surface area contributed by atoms with Crippen LogP contribution in [0.3, 0.4) is 0 Å². The van der Waals surface area contributed by atoms with Gasteiger partial charge in [0.15, 0.2) is 11.2 Å². The molecule has 11 heteroatoms. The van der Waals surface area contributed by atoms with E-state index in [4.69, 9.17) is 19.7 Å². The Balaban J connectivity index is 1.62. The number of hydrogen-bond acceptors (Lipinski definition) is 8. The average molecular weight is 534 g/mol. The van der Waals surface area contributed by atoms with Gasteiger partial charge in [-0.2, -0.15) is 4.98 Å². The number of alkyl halides is 1. The van der Waals surface area contributed by atoms with E-state index >= 15 is 0 Å². The minimum atomic E-state index is -2.02. The van der Waals surface area contributed by atoms with Gasteiger partial charge >= 0.3 is 0 Å². The largest absolute Gasteiger partial charge is 0.481 e. The third-order valence-corrected chi connectivity index (χ3v) is 8.24. The first-order valence-electron chi connectivity index (χ1n) is 12.7. The molecule has 0 unspecified atom stereocenters. The molecule has 0 bridgehead atoms. The van der Waals surface area contributed by atoms with Crippen molar-refractivity contribution in [3.05, 3.63) is 87.8 Å². The number of fused-ring (bicyclic) bond motifs is 3. The van der Waals surface area contributed by atoms with Crippen molar-refractivity contribution in [2.75, 3.05) is 33.9 Å². The highest BCUT2D eigenvalue weighted by atomic mass is 19.1. The van der Waals surface area contributed by atoms with Crippen molar-refractivity contribution in [1.82, 2.24) is 9.88 Å². The Morgan fingerprint density at radius 1 is 1.15 bits per heavy atom. The standard InChI is InChI=1S/C28H28FN5O5/c1-37-22-12-21-24(26(31-22)38-2)27(36)25(35)20(15-34-13-18(29)14-34)23(16-6-4-3-5-7-16)28(27,39-21)17-8-10-19(11-9-17)32-33-30/h3-12,18,20,23,25,35-36H,13-15H2,1-2H3/t20-,23-,25-,27+,28+/m1/s1. The Kier molecular flexibility index (Phi) is 6.11. The number of likely N-dealkylation sites (tertiary alicyclic amines) is 1. The van der Waals surface area contributed by atoms with Gasteiger partial charge in [-0.3, -0.25) is 4.90 Å². The van der Waals surface area contributed by atoms with Crippen LogP contribution in [-0.2, 0) is 11.2 Å². The molecule has 3 aliphatic rings. The quantitative estimate of drug-likeness (QED) is 0.267. The molecule has 3 aromatic rings. The number of azide groups is 1. The fraction of sp³-hybridized carbons (Fsp3) is 0.393. The minimum Gasteiger partial charge on any atom is -0.481 e. The van der Waals surface area contributed by atoms with Gasteiger partial charge in [-0.25, -0.2) is 4.39 Å². The molecule has 6 rings (SSSR count). The lowest BCUT2D eigenvalue weighted by molar-refractivity contribution is -0.153. The summed E-state index contributed by atoms with van der Waals surface area (Å²) in [5.74, 6) is -0.572. The summed E-state index contributed by atoms with van der Waals surface area (Å²) < 4.78 is 31.6. The molecule has 39 heavy (non-hydrogen) atoms. The fourth-order valence-electron chi connectivity index (χ4n) is 6.65. The van der Waals surface area contributed by atoms with Gasteiger partial charge in [0.1, 0.15) is 11.9 Å². The number of benzene rings is 2. The van der Waals surface area contributed by atoms with Crippen LogP contribution in [0.25, 0.3) is 10.4 Å². The molecule has 1 aliphatic carbocycles. The van der Waals surface area contributed by atoms with Crippen molar-refractivity contribution >= 4 is 5.69 Å². The molecule has 0 spiro atoms. The van der Waals surface area contributed by atoms with E-state index in [1.807, 2.05) is 35.2 Å². The maximum absolute atomic E-state index is 13.8. The molecule has 3 heterocycles. The second kappa shape index (κ2) is 9.39. The van der Waals surface area contributed by atoms with E-state index in [2.05, 4.69) is 15.0 Å². The van der Waals surface area contributed by atoms with Crippen LogP contribution < -0.4 is 14.2 Å². The Labute approximate surface area is 224 Å². The van der Waals surface area contributed by atoms with Crippen molar-refractivity contribution in [2.45, 2.75) is 29.4 Å². The molecular formula is C28H28FN5O5. The summed E-state index contributed by atoms with van der Waals surface area (Å²) in [5.41, 5.74) is 7.34. The van der Waals surface area contributed by atoms with Crippen molar-refractivity contribution in [1.29, 1.82) is 0 Å². The highest BCUT2D eigenvalue weighted by Gasteiger charge is 2.77. The molecule has 0 amide bonds. The van der Waals surface area contributed by atoms with Gasteiger partial charge in [0.05, 0.1) is 25.9 Å². The number of halogens is 1. The topological polar surface area (TPSA) is 133 Å². The van der Waals surface area contributed by atoms with Crippen LogP contribution in [0.2, 0.25) is 0 Å². The van der Waals surface area contributed by atoms with Crippen LogP contribution in [0.1, 0.15) is 22.6 Å². The van der Waals surface area contributed by atoms with Crippen LogP contribution >= 0.6 is 0 Å². The molecule has 1 saturated heterocycles. The van der Waals surface area contributed by atoms with Crippen LogP contribution in [0, 0.1) is 5.92 Å². The van der Waals surface area contributed by atoms with E-state index in [9.17, 15) is 14.6 Å². The van der Waals surface area contributed by atoms with Gasteiger partial charge in [-0.1, -0.05) is 59.7 Å². The number of aliphatic hydroxyl groups is 2. The molecular weight excluding hydrogens is 505 g/mol. The summed E-state index contributed by atoms with van der Waals surface area (Å²) in [6, 6.07) is 17.8. The molecule has 1 aromatic heterocycles. The Hall–Kier alpha value is -3.89. The zero-order chi connectivity index (χ0) is 27.4. The summed E-state index contributed by atoms with van der Waals surface area (Å²) in [6.45, 7) is 0.861. The average Bonchev–Trinajstić information content (AvgIpc) is 3.31. The number of pyridine rings is 1. The normalized spacial score (nSPS) is 29.5. The molecule has 2 fully saturated rings. The molecule has 2 aliphatic heterocycles.